The number of amides is 2. The van der Waals surface area contributed by atoms with Crippen LogP contribution in [0, 0.1) is 0 Å². The van der Waals surface area contributed by atoms with E-state index in [1.165, 1.54) is 19.2 Å². The molecule has 0 fully saturated rings. The van der Waals surface area contributed by atoms with Crippen LogP contribution in [0.2, 0.25) is 0 Å². The van der Waals surface area contributed by atoms with E-state index in [1.807, 2.05) is 6.92 Å². The van der Waals surface area contributed by atoms with Gasteiger partial charge in [-0.15, -0.1) is 0 Å². The smallest absolute Gasteiger partial charge is 0.319 e. The molecule has 9 nitrogen and oxygen atoms in total. The zero-order chi connectivity index (χ0) is 20.3. The quantitative estimate of drug-likeness (QED) is 0.543. The summed E-state index contributed by atoms with van der Waals surface area (Å²) in [6, 6.07) is 9.68. The van der Waals surface area contributed by atoms with Crippen LogP contribution in [0.3, 0.4) is 0 Å². The number of rotatable bonds is 6. The molecule has 0 spiro atoms. The highest BCUT2D eigenvalue weighted by molar-refractivity contribution is 7.86. The van der Waals surface area contributed by atoms with Gasteiger partial charge in [-0.25, -0.2) is 9.78 Å². The number of carbonyl (C=O) groups is 1. The Kier molecular flexibility index (Phi) is 5.41. The third-order valence-corrected chi connectivity index (χ3v) is 4.25. The molecule has 0 saturated heterocycles. The topological polar surface area (TPSA) is 122 Å². The number of nitrogens with zero attached hydrogens (tertiary/aromatic N) is 1. The zero-order valence-corrected chi connectivity index (χ0v) is 16.4. The van der Waals surface area contributed by atoms with Gasteiger partial charge in [-0.2, -0.15) is 8.42 Å². The number of nitrogens with one attached hydrogen (secondary N) is 3. The van der Waals surface area contributed by atoms with Gasteiger partial charge in [0.05, 0.1) is 30.0 Å². The van der Waals surface area contributed by atoms with E-state index in [0.717, 1.165) is 11.8 Å². The summed E-state index contributed by atoms with van der Waals surface area (Å²) in [6.07, 6.45) is 0.971. The Morgan fingerprint density at radius 3 is 2.68 bits per heavy atom. The number of aromatic nitrogens is 2. The molecule has 1 heterocycles. The molecule has 0 radical (unpaired) electrons. The van der Waals surface area contributed by atoms with E-state index in [0.29, 0.717) is 34.9 Å². The lowest BCUT2D eigenvalue weighted by Crippen LogP contribution is -2.28. The monoisotopic (exact) mass is 404 g/mol. The maximum atomic E-state index is 11.7. The van der Waals surface area contributed by atoms with Crippen molar-refractivity contribution in [3.05, 3.63) is 36.4 Å². The number of fused-ring (bicyclic) bond motifs is 1. The van der Waals surface area contributed by atoms with Gasteiger partial charge in [-0.05, 0) is 37.3 Å². The maximum Gasteiger partial charge on any atom is 0.319 e. The second-order valence-electron chi connectivity index (χ2n) is 5.95. The Bertz CT molecular complexity index is 1120. The highest BCUT2D eigenvalue weighted by atomic mass is 32.2. The van der Waals surface area contributed by atoms with Crippen molar-refractivity contribution in [2.45, 2.75) is 6.92 Å². The molecule has 148 valence electrons. The lowest BCUT2D eigenvalue weighted by Gasteiger charge is -2.09. The van der Waals surface area contributed by atoms with E-state index in [9.17, 15) is 13.2 Å². The summed E-state index contributed by atoms with van der Waals surface area (Å²) in [7, 11) is -2.17. The minimum atomic E-state index is -3.64. The molecule has 0 unspecified atom stereocenters. The molecule has 0 aliphatic carbocycles. The Hall–Kier alpha value is -3.27. The van der Waals surface area contributed by atoms with Gasteiger partial charge in [0.1, 0.15) is 17.3 Å². The number of imidazole rings is 1. The first-order valence-corrected chi connectivity index (χ1v) is 10.2. The molecule has 0 atom stereocenters. The fraction of sp³-hybridized carbons (Fsp3) is 0.222. The average Bonchev–Trinajstić information content (AvgIpc) is 3.03. The molecule has 28 heavy (non-hydrogen) atoms. The number of hydrogen-bond acceptors (Lipinski definition) is 6. The number of aromatic amines is 1. The largest absolute Gasteiger partial charge is 0.496 e. The Balaban J connectivity index is 1.93. The number of anilines is 1. The van der Waals surface area contributed by atoms with E-state index >= 15 is 0 Å². The third-order valence-electron chi connectivity index (χ3n) is 3.75. The first-order chi connectivity index (χ1) is 13.3. The first-order valence-electron chi connectivity index (χ1n) is 8.41. The van der Waals surface area contributed by atoms with Crippen molar-refractivity contribution in [2.75, 3.05) is 25.2 Å². The Morgan fingerprint density at radius 2 is 2.00 bits per heavy atom. The van der Waals surface area contributed by atoms with Crippen LogP contribution in [0.25, 0.3) is 22.4 Å². The maximum absolute atomic E-state index is 11.7. The van der Waals surface area contributed by atoms with Crippen LogP contribution in [0.4, 0.5) is 10.5 Å². The molecule has 3 N–H and O–H groups in total. The summed E-state index contributed by atoms with van der Waals surface area (Å²) in [5, 5.41) is 5.40. The summed E-state index contributed by atoms with van der Waals surface area (Å²) in [6.45, 7) is 2.37. The molecular weight excluding hydrogens is 384 g/mol. The SMILES string of the molecule is CCNC(=O)Nc1ccc2nc(-c3ccc(OS(C)(=O)=O)cc3OC)[nH]c2c1. The zero-order valence-electron chi connectivity index (χ0n) is 15.6. The molecule has 2 amide bonds. The third kappa shape index (κ3) is 4.52. The fourth-order valence-corrected chi connectivity index (χ4v) is 3.10. The molecule has 10 heteroatoms. The number of carbonyl (C=O) groups excluding carboxylic acids is 1. The summed E-state index contributed by atoms with van der Waals surface area (Å²) in [5.41, 5.74) is 2.69. The van der Waals surface area contributed by atoms with Gasteiger partial charge >= 0.3 is 16.1 Å². The van der Waals surface area contributed by atoms with Crippen LogP contribution in [-0.4, -0.2) is 44.3 Å². The Labute approximate surface area is 162 Å². The lowest BCUT2D eigenvalue weighted by atomic mass is 10.2. The van der Waals surface area contributed by atoms with Gasteiger partial charge in [0, 0.05) is 18.3 Å². The van der Waals surface area contributed by atoms with Crippen molar-refractivity contribution < 1.29 is 22.1 Å². The van der Waals surface area contributed by atoms with E-state index in [2.05, 4.69) is 20.6 Å². The van der Waals surface area contributed by atoms with Crippen LogP contribution in [0.1, 0.15) is 6.92 Å². The van der Waals surface area contributed by atoms with Crippen molar-refractivity contribution in [3.8, 4) is 22.9 Å². The van der Waals surface area contributed by atoms with E-state index in [1.54, 1.807) is 24.3 Å². The number of ether oxygens (including phenoxy) is 1. The van der Waals surface area contributed by atoms with E-state index in [4.69, 9.17) is 8.92 Å². The first kappa shape index (κ1) is 19.5. The number of hydrogen-bond donors (Lipinski definition) is 3. The predicted octanol–water partition coefficient (Wildman–Crippen LogP) is 2.72. The van der Waals surface area contributed by atoms with Crippen LogP contribution in [-0.2, 0) is 10.1 Å². The van der Waals surface area contributed by atoms with Crippen molar-refractivity contribution in [3.63, 3.8) is 0 Å². The van der Waals surface area contributed by atoms with Gasteiger partial charge < -0.3 is 24.5 Å². The summed E-state index contributed by atoms with van der Waals surface area (Å²) < 4.78 is 32.8. The number of benzene rings is 2. The highest BCUT2D eigenvalue weighted by Gasteiger charge is 2.14. The molecule has 0 aliphatic rings. The number of urea groups is 1. The van der Waals surface area contributed by atoms with E-state index < -0.39 is 10.1 Å². The normalized spacial score (nSPS) is 11.2. The minimum absolute atomic E-state index is 0.146. The standard InChI is InChI=1S/C18H20N4O5S/c1-4-19-18(23)20-11-5-8-14-15(9-11)22-17(21-14)13-7-6-12(10-16(13)26-2)27-28(3,24)25/h5-10H,4H2,1-3H3,(H,21,22)(H2,19,20,23). The van der Waals surface area contributed by atoms with Crippen molar-refractivity contribution >= 4 is 32.9 Å². The predicted molar refractivity (Wildman–Crippen MR) is 106 cm³/mol. The molecule has 0 saturated carbocycles. The fourth-order valence-electron chi connectivity index (χ4n) is 2.64. The number of H-pyrrole nitrogens is 1. The average molecular weight is 404 g/mol. The minimum Gasteiger partial charge on any atom is -0.496 e. The molecule has 1 aromatic heterocycles. The molecule has 2 aromatic carbocycles. The molecular formula is C18H20N4O5S. The van der Waals surface area contributed by atoms with Gasteiger partial charge in [-0.3, -0.25) is 0 Å². The molecule has 3 rings (SSSR count). The van der Waals surface area contributed by atoms with Crippen LogP contribution < -0.4 is 19.6 Å². The number of methoxy groups -OCH3 is 1. The second kappa shape index (κ2) is 7.77. The molecule has 3 aromatic rings. The van der Waals surface area contributed by atoms with E-state index in [-0.39, 0.29) is 11.8 Å². The van der Waals surface area contributed by atoms with Gasteiger partial charge in [0.2, 0.25) is 0 Å². The summed E-state index contributed by atoms with van der Waals surface area (Å²) >= 11 is 0. The molecule has 0 bridgehead atoms. The Morgan fingerprint density at radius 1 is 1.21 bits per heavy atom. The molecule has 0 aliphatic heterocycles. The van der Waals surface area contributed by atoms with Crippen molar-refractivity contribution in [1.82, 2.24) is 15.3 Å². The summed E-state index contributed by atoms with van der Waals surface area (Å²) in [4.78, 5) is 19.4. The highest BCUT2D eigenvalue weighted by Crippen LogP contribution is 2.33. The van der Waals surface area contributed by atoms with Gasteiger partial charge in [-0.1, -0.05) is 0 Å². The van der Waals surface area contributed by atoms with Gasteiger partial charge in [0.15, 0.2) is 0 Å². The summed E-state index contributed by atoms with van der Waals surface area (Å²) in [5.74, 6) is 1.08. The van der Waals surface area contributed by atoms with Crippen LogP contribution >= 0.6 is 0 Å². The van der Waals surface area contributed by atoms with Crippen LogP contribution in [0.5, 0.6) is 11.5 Å². The van der Waals surface area contributed by atoms with Gasteiger partial charge in [0.25, 0.3) is 0 Å². The lowest BCUT2D eigenvalue weighted by molar-refractivity contribution is 0.252. The van der Waals surface area contributed by atoms with Crippen molar-refractivity contribution in [2.24, 2.45) is 0 Å². The van der Waals surface area contributed by atoms with Crippen molar-refractivity contribution in [1.29, 1.82) is 0 Å². The van der Waals surface area contributed by atoms with Crippen LogP contribution in [0.15, 0.2) is 36.4 Å². The second-order valence-corrected chi connectivity index (χ2v) is 7.53.